The number of hydrogen-bond donors (Lipinski definition) is 0. The van der Waals surface area contributed by atoms with Crippen LogP contribution in [-0.2, 0) is 4.74 Å². The minimum absolute atomic E-state index is 0.0997. The summed E-state index contributed by atoms with van der Waals surface area (Å²) in [4.78, 5) is 36.6. The van der Waals surface area contributed by atoms with E-state index in [1.165, 1.54) is 6.07 Å². The van der Waals surface area contributed by atoms with Gasteiger partial charge in [0, 0.05) is 11.6 Å². The Morgan fingerprint density at radius 3 is 2.70 bits per heavy atom. The molecule has 0 atom stereocenters. The minimum atomic E-state index is -0.885. The first-order valence-corrected chi connectivity index (χ1v) is 8.16. The van der Waals surface area contributed by atoms with Gasteiger partial charge in [0.05, 0.1) is 5.39 Å². The zero-order valence-corrected chi connectivity index (χ0v) is 14.3. The van der Waals surface area contributed by atoms with Crippen LogP contribution in [0.25, 0.3) is 11.0 Å². The number of benzene rings is 2. The molecule has 136 valence electrons. The van der Waals surface area contributed by atoms with E-state index >= 15 is 0 Å². The molecule has 1 aliphatic rings. The highest BCUT2D eigenvalue weighted by Crippen LogP contribution is 2.32. The van der Waals surface area contributed by atoms with E-state index < -0.39 is 18.4 Å². The highest BCUT2D eigenvalue weighted by molar-refractivity contribution is 5.99. The van der Waals surface area contributed by atoms with Gasteiger partial charge in [0.1, 0.15) is 5.58 Å². The third-order valence-corrected chi connectivity index (χ3v) is 4.11. The molecule has 0 radical (unpaired) electrons. The van der Waals surface area contributed by atoms with Crippen molar-refractivity contribution in [3.05, 3.63) is 69.6 Å². The number of ketones is 1. The van der Waals surface area contributed by atoms with Gasteiger partial charge >= 0.3 is 5.97 Å². The van der Waals surface area contributed by atoms with E-state index in [-0.39, 0.29) is 23.6 Å². The van der Waals surface area contributed by atoms with Crippen LogP contribution in [0.2, 0.25) is 0 Å². The van der Waals surface area contributed by atoms with Gasteiger partial charge in [0.2, 0.25) is 12.6 Å². The Balaban J connectivity index is 1.49. The maximum atomic E-state index is 12.2. The van der Waals surface area contributed by atoms with Crippen LogP contribution in [0.5, 0.6) is 11.5 Å². The molecule has 1 aliphatic heterocycles. The molecule has 0 fully saturated rings. The predicted molar refractivity (Wildman–Crippen MR) is 94.4 cm³/mol. The van der Waals surface area contributed by atoms with Crippen LogP contribution in [0.15, 0.2) is 51.7 Å². The van der Waals surface area contributed by atoms with Crippen LogP contribution in [0.4, 0.5) is 0 Å². The molecule has 7 nitrogen and oxygen atoms in total. The Kier molecular flexibility index (Phi) is 4.12. The van der Waals surface area contributed by atoms with Crippen molar-refractivity contribution in [1.29, 1.82) is 0 Å². The van der Waals surface area contributed by atoms with E-state index in [2.05, 4.69) is 0 Å². The number of ether oxygens (including phenoxy) is 3. The maximum absolute atomic E-state index is 12.2. The fraction of sp³-hybridized carbons (Fsp3) is 0.150. The largest absolute Gasteiger partial charge is 0.454 e. The summed E-state index contributed by atoms with van der Waals surface area (Å²) in [5.41, 5.74) is 1.15. The highest BCUT2D eigenvalue weighted by atomic mass is 16.7. The summed E-state index contributed by atoms with van der Waals surface area (Å²) in [5.74, 6) is -0.543. The zero-order valence-electron chi connectivity index (χ0n) is 14.3. The van der Waals surface area contributed by atoms with E-state index in [9.17, 15) is 14.4 Å². The second-order valence-electron chi connectivity index (χ2n) is 6.04. The Bertz CT molecular complexity index is 1130. The number of esters is 1. The molecule has 2 heterocycles. The Labute approximate surface area is 153 Å². The number of rotatable bonds is 4. The SMILES string of the molecule is Cc1ccc2oc(C(=O)OCC(=O)c3ccc4c(c3)OCO4)cc(=O)c2c1. The van der Waals surface area contributed by atoms with Crippen LogP contribution < -0.4 is 14.9 Å². The summed E-state index contributed by atoms with van der Waals surface area (Å²) in [6.45, 7) is 1.46. The van der Waals surface area contributed by atoms with Crippen LogP contribution in [0.3, 0.4) is 0 Å². The summed E-state index contributed by atoms with van der Waals surface area (Å²) < 4.78 is 20.8. The van der Waals surface area contributed by atoms with E-state index in [4.69, 9.17) is 18.6 Å². The molecule has 1 aromatic heterocycles. The van der Waals surface area contributed by atoms with Gasteiger partial charge in [-0.15, -0.1) is 0 Å². The van der Waals surface area contributed by atoms with Gasteiger partial charge in [-0.2, -0.15) is 0 Å². The summed E-state index contributed by atoms with van der Waals surface area (Å²) in [6, 6.07) is 10.8. The predicted octanol–water partition coefficient (Wildman–Crippen LogP) is 2.87. The lowest BCUT2D eigenvalue weighted by Crippen LogP contribution is -2.16. The van der Waals surface area contributed by atoms with Crippen LogP contribution >= 0.6 is 0 Å². The molecule has 0 saturated carbocycles. The lowest BCUT2D eigenvalue weighted by molar-refractivity contribution is 0.0444. The van der Waals surface area contributed by atoms with Gasteiger partial charge in [-0.25, -0.2) is 4.79 Å². The van der Waals surface area contributed by atoms with Gasteiger partial charge < -0.3 is 18.6 Å². The standard InChI is InChI=1S/C20H14O7/c1-11-2-4-16-13(6-11)14(21)8-19(27-16)20(23)24-9-15(22)12-3-5-17-18(7-12)26-10-25-17/h2-8H,9-10H2,1H3. The molecule has 0 N–H and O–H groups in total. The van der Waals surface area contributed by atoms with Gasteiger partial charge in [-0.05, 0) is 37.3 Å². The first kappa shape index (κ1) is 16.8. The lowest BCUT2D eigenvalue weighted by atomic mass is 10.1. The van der Waals surface area contributed by atoms with E-state index in [1.54, 1.807) is 30.3 Å². The molecule has 3 aromatic rings. The molecule has 0 saturated heterocycles. The molecule has 7 heteroatoms. The van der Waals surface area contributed by atoms with Crippen molar-refractivity contribution >= 4 is 22.7 Å². The van der Waals surface area contributed by atoms with E-state index in [1.807, 2.05) is 6.92 Å². The van der Waals surface area contributed by atoms with Crippen molar-refractivity contribution in [2.75, 3.05) is 13.4 Å². The monoisotopic (exact) mass is 366 g/mol. The summed E-state index contributed by atoms with van der Waals surface area (Å²) in [7, 11) is 0. The average Bonchev–Trinajstić information content (AvgIpc) is 3.14. The molecule has 0 amide bonds. The average molecular weight is 366 g/mol. The second-order valence-corrected chi connectivity index (χ2v) is 6.04. The smallest absolute Gasteiger partial charge is 0.374 e. The number of aryl methyl sites for hydroxylation is 1. The Morgan fingerprint density at radius 2 is 1.85 bits per heavy atom. The lowest BCUT2D eigenvalue weighted by Gasteiger charge is -2.06. The molecule has 0 aliphatic carbocycles. The summed E-state index contributed by atoms with van der Waals surface area (Å²) in [6.07, 6.45) is 0. The molecule has 2 aromatic carbocycles. The second kappa shape index (κ2) is 6.60. The van der Waals surface area contributed by atoms with Crippen molar-refractivity contribution in [3.63, 3.8) is 0 Å². The zero-order chi connectivity index (χ0) is 19.0. The molecule has 0 spiro atoms. The van der Waals surface area contributed by atoms with Gasteiger partial charge in [-0.3, -0.25) is 9.59 Å². The number of hydrogen-bond acceptors (Lipinski definition) is 7. The highest BCUT2D eigenvalue weighted by Gasteiger charge is 2.19. The van der Waals surface area contributed by atoms with Crippen molar-refractivity contribution in [1.82, 2.24) is 0 Å². The number of fused-ring (bicyclic) bond motifs is 2. The van der Waals surface area contributed by atoms with Gasteiger partial charge in [0.15, 0.2) is 29.3 Å². The molecule has 0 unspecified atom stereocenters. The molecular formula is C20H14O7. The van der Waals surface area contributed by atoms with Crippen molar-refractivity contribution in [2.45, 2.75) is 6.92 Å². The minimum Gasteiger partial charge on any atom is -0.454 e. The first-order chi connectivity index (χ1) is 13.0. The van der Waals surface area contributed by atoms with E-state index in [0.29, 0.717) is 22.4 Å². The number of carbonyl (C=O) groups excluding carboxylic acids is 2. The first-order valence-electron chi connectivity index (χ1n) is 8.16. The Morgan fingerprint density at radius 1 is 1.04 bits per heavy atom. The number of Topliss-reactive ketones (excluding diaryl/α,β-unsaturated/α-hetero) is 1. The van der Waals surface area contributed by atoms with Crippen molar-refractivity contribution in [3.8, 4) is 11.5 Å². The van der Waals surface area contributed by atoms with Gasteiger partial charge in [0.25, 0.3) is 0 Å². The molecule has 27 heavy (non-hydrogen) atoms. The fourth-order valence-electron chi connectivity index (χ4n) is 2.73. The topological polar surface area (TPSA) is 92.0 Å². The van der Waals surface area contributed by atoms with Crippen LogP contribution in [0.1, 0.15) is 26.5 Å². The van der Waals surface area contributed by atoms with E-state index in [0.717, 1.165) is 11.6 Å². The third kappa shape index (κ3) is 3.27. The fourth-order valence-corrected chi connectivity index (χ4v) is 2.73. The normalized spacial score (nSPS) is 12.2. The van der Waals surface area contributed by atoms with Crippen molar-refractivity contribution < 1.29 is 28.2 Å². The van der Waals surface area contributed by atoms with Gasteiger partial charge in [-0.1, -0.05) is 11.6 Å². The number of carbonyl (C=O) groups is 2. The Hall–Kier alpha value is -3.61. The van der Waals surface area contributed by atoms with Crippen LogP contribution in [0, 0.1) is 6.92 Å². The summed E-state index contributed by atoms with van der Waals surface area (Å²) in [5, 5.41) is 0.378. The third-order valence-electron chi connectivity index (χ3n) is 4.11. The molecule has 4 rings (SSSR count). The molecular weight excluding hydrogens is 352 g/mol. The molecule has 0 bridgehead atoms. The van der Waals surface area contributed by atoms with Crippen LogP contribution in [-0.4, -0.2) is 25.2 Å². The van der Waals surface area contributed by atoms with Crippen molar-refractivity contribution in [2.24, 2.45) is 0 Å². The maximum Gasteiger partial charge on any atom is 0.374 e. The quantitative estimate of drug-likeness (QED) is 0.518. The summed E-state index contributed by atoms with van der Waals surface area (Å²) >= 11 is 0.